The number of piperidine rings is 1. The Labute approximate surface area is 268 Å². The van der Waals surface area contributed by atoms with Crippen molar-refractivity contribution in [2.24, 2.45) is 0 Å². The van der Waals surface area contributed by atoms with Crippen molar-refractivity contribution < 1.29 is 29.6 Å². The van der Waals surface area contributed by atoms with E-state index in [1.54, 1.807) is 54.6 Å². The molecule has 10 heteroatoms. The lowest BCUT2D eigenvalue weighted by Gasteiger charge is -2.33. The standard InChI is InChI=1S/C36H43N3O7/c1-39-20-9-14-28(24-39)46-35(43)36(44,25-10-4-2-5-11-25)26-12-8-13-27(22-26)45-21-7-3-6-19-37-23-32(41)29-15-17-31(40)34-30(29)16-18-33(42)38-34/h2,4-5,8,10-13,15-18,22,28,32,37,40-41,44H,3,6-7,9,14,19-21,23-24H2,1H3,(H,38,42)/t28-,32+,36+/m1/s1. The van der Waals surface area contributed by atoms with E-state index in [1.165, 1.54) is 12.1 Å². The van der Waals surface area contributed by atoms with Crippen LogP contribution < -0.4 is 15.6 Å². The van der Waals surface area contributed by atoms with Crippen molar-refractivity contribution in [3.63, 3.8) is 0 Å². The van der Waals surface area contributed by atoms with Gasteiger partial charge in [0.2, 0.25) is 11.2 Å². The zero-order valence-electron chi connectivity index (χ0n) is 26.2. The SMILES string of the molecule is CN1CCC[C@@H](OC(=O)[C@](O)(c2ccccc2)c2cccc(OCCCCCNC[C@H](O)c3ccc(O)c4[nH]c(=O)ccc34)c2)C1. The number of hydrogen-bond donors (Lipinski definition) is 5. The number of aromatic amines is 1. The van der Waals surface area contributed by atoms with Gasteiger partial charge in [-0.2, -0.15) is 0 Å². The summed E-state index contributed by atoms with van der Waals surface area (Å²) in [6, 6.07) is 22.0. The van der Waals surface area contributed by atoms with E-state index in [4.69, 9.17) is 9.47 Å². The molecule has 0 amide bonds. The van der Waals surface area contributed by atoms with Crippen molar-refractivity contribution in [2.45, 2.75) is 49.9 Å². The smallest absolute Gasteiger partial charge is 0.348 e. The highest BCUT2D eigenvalue weighted by molar-refractivity contribution is 5.87. The van der Waals surface area contributed by atoms with Crippen LogP contribution in [0.3, 0.4) is 0 Å². The van der Waals surface area contributed by atoms with Crippen LogP contribution in [0.5, 0.6) is 11.5 Å². The number of carbonyl (C=O) groups is 1. The molecule has 3 atom stereocenters. The van der Waals surface area contributed by atoms with Gasteiger partial charge in [0.1, 0.15) is 17.6 Å². The van der Waals surface area contributed by atoms with Crippen molar-refractivity contribution in [1.82, 2.24) is 15.2 Å². The molecule has 0 spiro atoms. The monoisotopic (exact) mass is 629 g/mol. The van der Waals surface area contributed by atoms with E-state index in [-0.39, 0.29) is 17.4 Å². The maximum atomic E-state index is 13.6. The number of phenolic OH excluding ortho intramolecular Hbond substituents is 1. The number of aromatic nitrogens is 1. The molecule has 1 fully saturated rings. The van der Waals surface area contributed by atoms with Crippen LogP contribution >= 0.6 is 0 Å². The molecule has 1 saturated heterocycles. The number of hydrogen-bond acceptors (Lipinski definition) is 9. The van der Waals surface area contributed by atoms with E-state index in [2.05, 4.69) is 15.2 Å². The second-order valence-corrected chi connectivity index (χ2v) is 12.0. The van der Waals surface area contributed by atoms with Crippen LogP contribution in [-0.2, 0) is 15.1 Å². The Bertz CT molecular complexity index is 1660. The summed E-state index contributed by atoms with van der Waals surface area (Å²) < 4.78 is 11.9. The molecule has 244 valence electrons. The quantitative estimate of drug-likeness (QED) is 0.103. The van der Waals surface area contributed by atoms with Crippen molar-refractivity contribution in [1.29, 1.82) is 0 Å². The minimum atomic E-state index is -1.98. The summed E-state index contributed by atoms with van der Waals surface area (Å²) in [7, 11) is 2.00. The topological polar surface area (TPSA) is 144 Å². The lowest BCUT2D eigenvalue weighted by atomic mass is 9.86. The number of esters is 1. The third-order valence-electron chi connectivity index (χ3n) is 8.46. The number of aliphatic hydroxyl groups is 2. The first-order valence-corrected chi connectivity index (χ1v) is 15.9. The molecule has 1 aromatic heterocycles. The summed E-state index contributed by atoms with van der Waals surface area (Å²) in [4.78, 5) is 30.0. The predicted molar refractivity (Wildman–Crippen MR) is 176 cm³/mol. The third-order valence-corrected chi connectivity index (χ3v) is 8.46. The summed E-state index contributed by atoms with van der Waals surface area (Å²) in [5, 5.41) is 36.6. The zero-order chi connectivity index (χ0) is 32.5. The Morgan fingerprint density at radius 1 is 1.04 bits per heavy atom. The molecule has 2 heterocycles. The van der Waals surface area contributed by atoms with Crippen LogP contribution in [0.4, 0.5) is 0 Å². The molecular weight excluding hydrogens is 586 g/mol. The molecule has 0 unspecified atom stereocenters. The average molecular weight is 630 g/mol. The lowest BCUT2D eigenvalue weighted by Crippen LogP contribution is -2.44. The number of nitrogens with one attached hydrogen (secondary N) is 2. The van der Waals surface area contributed by atoms with Gasteiger partial charge in [-0.05, 0) is 87.6 Å². The van der Waals surface area contributed by atoms with Crippen LogP contribution in [0, 0.1) is 0 Å². The largest absolute Gasteiger partial charge is 0.506 e. The third kappa shape index (κ3) is 7.94. The number of fused-ring (bicyclic) bond motifs is 1. The summed E-state index contributed by atoms with van der Waals surface area (Å²) in [6.45, 7) is 3.08. The van der Waals surface area contributed by atoms with Crippen molar-refractivity contribution in [3.8, 4) is 11.5 Å². The summed E-state index contributed by atoms with van der Waals surface area (Å²) in [5.41, 5.74) is -0.529. The van der Waals surface area contributed by atoms with Gasteiger partial charge in [0.25, 0.3) is 0 Å². The van der Waals surface area contributed by atoms with Gasteiger partial charge in [0, 0.05) is 30.1 Å². The molecule has 0 bridgehead atoms. The van der Waals surface area contributed by atoms with Crippen molar-refractivity contribution in [3.05, 3.63) is 106 Å². The molecule has 10 nitrogen and oxygen atoms in total. The molecule has 1 aliphatic rings. The molecular formula is C36H43N3O7. The highest BCUT2D eigenvalue weighted by Gasteiger charge is 2.43. The van der Waals surface area contributed by atoms with Gasteiger partial charge in [-0.15, -0.1) is 0 Å². The van der Waals surface area contributed by atoms with Crippen LogP contribution in [0.1, 0.15) is 54.9 Å². The minimum Gasteiger partial charge on any atom is -0.506 e. The predicted octanol–water partition coefficient (Wildman–Crippen LogP) is 3.98. The number of rotatable bonds is 14. The number of unbranched alkanes of at least 4 members (excludes halogenated alkanes) is 2. The summed E-state index contributed by atoms with van der Waals surface area (Å²) in [6.07, 6.45) is 3.17. The van der Waals surface area contributed by atoms with E-state index < -0.39 is 17.7 Å². The molecule has 0 saturated carbocycles. The highest BCUT2D eigenvalue weighted by Crippen LogP contribution is 2.34. The summed E-state index contributed by atoms with van der Waals surface area (Å²) >= 11 is 0. The molecule has 5 rings (SSSR count). The summed E-state index contributed by atoms with van der Waals surface area (Å²) in [5.74, 6) is -0.175. The molecule has 46 heavy (non-hydrogen) atoms. The number of likely N-dealkylation sites (N-methyl/N-ethyl adjacent to an activating group) is 1. The highest BCUT2D eigenvalue weighted by atomic mass is 16.6. The van der Waals surface area contributed by atoms with Crippen LogP contribution in [-0.4, -0.2) is 77.1 Å². The van der Waals surface area contributed by atoms with Crippen molar-refractivity contribution >= 4 is 16.9 Å². The fraction of sp³-hybridized carbons (Fsp3) is 0.389. The molecule has 3 aromatic carbocycles. The van der Waals surface area contributed by atoms with E-state index in [9.17, 15) is 24.9 Å². The number of pyridine rings is 1. The fourth-order valence-corrected chi connectivity index (χ4v) is 5.96. The number of ether oxygens (including phenoxy) is 2. The first kappa shape index (κ1) is 33.2. The number of likely N-dealkylation sites (tertiary alicyclic amines) is 1. The Morgan fingerprint density at radius 2 is 1.85 bits per heavy atom. The van der Waals surface area contributed by atoms with E-state index >= 15 is 0 Å². The molecule has 5 N–H and O–H groups in total. The average Bonchev–Trinajstić information content (AvgIpc) is 3.06. The van der Waals surface area contributed by atoms with E-state index in [0.717, 1.165) is 38.6 Å². The number of aliphatic hydroxyl groups excluding tert-OH is 1. The second kappa shape index (κ2) is 15.4. The van der Waals surface area contributed by atoms with Gasteiger partial charge in [-0.1, -0.05) is 48.5 Å². The van der Waals surface area contributed by atoms with Gasteiger partial charge in [0.05, 0.1) is 18.2 Å². The normalized spacial score (nSPS) is 17.3. The van der Waals surface area contributed by atoms with Crippen LogP contribution in [0.2, 0.25) is 0 Å². The van der Waals surface area contributed by atoms with E-state index in [0.29, 0.717) is 59.6 Å². The van der Waals surface area contributed by atoms with E-state index in [1.807, 2.05) is 19.2 Å². The van der Waals surface area contributed by atoms with Gasteiger partial charge >= 0.3 is 5.97 Å². The Balaban J connectivity index is 1.11. The number of carbonyl (C=O) groups excluding carboxylic acids is 1. The number of aromatic hydroxyl groups is 1. The first-order valence-electron chi connectivity index (χ1n) is 15.9. The van der Waals surface area contributed by atoms with Gasteiger partial charge in [-0.3, -0.25) is 4.79 Å². The number of nitrogens with zero attached hydrogens (tertiary/aromatic N) is 1. The maximum absolute atomic E-state index is 13.6. The van der Waals surface area contributed by atoms with Crippen LogP contribution in [0.25, 0.3) is 10.9 Å². The Morgan fingerprint density at radius 3 is 2.65 bits per heavy atom. The second-order valence-electron chi connectivity index (χ2n) is 12.0. The maximum Gasteiger partial charge on any atom is 0.348 e. The van der Waals surface area contributed by atoms with Crippen molar-refractivity contribution in [2.75, 3.05) is 39.8 Å². The number of H-pyrrole nitrogens is 1. The fourth-order valence-electron chi connectivity index (χ4n) is 5.96. The lowest BCUT2D eigenvalue weighted by molar-refractivity contribution is -0.170. The minimum absolute atomic E-state index is 0.0391. The van der Waals surface area contributed by atoms with Gasteiger partial charge in [0.15, 0.2) is 0 Å². The molecule has 0 radical (unpaired) electrons. The Hall–Kier alpha value is -4.22. The van der Waals surface area contributed by atoms with Gasteiger partial charge in [-0.25, -0.2) is 4.79 Å². The number of phenols is 1. The van der Waals surface area contributed by atoms with Gasteiger partial charge < -0.3 is 40.0 Å². The zero-order valence-corrected chi connectivity index (χ0v) is 26.2. The van der Waals surface area contributed by atoms with Crippen LogP contribution in [0.15, 0.2) is 83.7 Å². The first-order chi connectivity index (χ1) is 22.3. The number of benzene rings is 3. The molecule has 0 aliphatic carbocycles. The molecule has 1 aliphatic heterocycles. The Kier molecular flexibility index (Phi) is 11.1. The molecule has 4 aromatic rings.